The summed E-state index contributed by atoms with van der Waals surface area (Å²) in [5, 5.41) is 0. The first-order valence-electron chi connectivity index (χ1n) is 5.95. The Balaban J connectivity index is 1.72. The third-order valence-corrected chi connectivity index (χ3v) is 4.36. The Kier molecular flexibility index (Phi) is 3.84. The Labute approximate surface area is 100 Å². The first kappa shape index (κ1) is 11.2. The van der Waals surface area contributed by atoms with Gasteiger partial charge in [-0.1, -0.05) is 15.9 Å². The van der Waals surface area contributed by atoms with Gasteiger partial charge >= 0.3 is 0 Å². The second-order valence-electron chi connectivity index (χ2n) is 4.38. The highest BCUT2D eigenvalue weighted by molar-refractivity contribution is 9.09. The van der Waals surface area contributed by atoms with E-state index in [2.05, 4.69) is 38.6 Å². The van der Waals surface area contributed by atoms with Gasteiger partial charge in [0.05, 0.1) is 0 Å². The van der Waals surface area contributed by atoms with E-state index in [1.807, 2.05) is 6.20 Å². The summed E-state index contributed by atoms with van der Waals surface area (Å²) < 4.78 is 2.24. The zero-order chi connectivity index (χ0) is 10.7. The molecule has 0 N–H and O–H groups in total. The first-order valence-corrected chi connectivity index (χ1v) is 6.87. The highest BCUT2D eigenvalue weighted by Gasteiger charge is 2.28. The minimum absolute atomic E-state index is 0.752. The topological polar surface area (TPSA) is 17.8 Å². The van der Waals surface area contributed by atoms with Crippen molar-refractivity contribution in [2.24, 2.45) is 5.92 Å². The zero-order valence-electron chi connectivity index (χ0n) is 9.32. The molecule has 1 unspecified atom stereocenters. The summed E-state index contributed by atoms with van der Waals surface area (Å²) in [7, 11) is 0. The normalized spacial score (nSPS) is 18.0. The summed E-state index contributed by atoms with van der Waals surface area (Å²) in [6, 6.07) is 0. The summed E-state index contributed by atoms with van der Waals surface area (Å²) >= 11 is 3.78. The molecule has 1 aliphatic rings. The van der Waals surface area contributed by atoms with Crippen molar-refractivity contribution in [3.63, 3.8) is 0 Å². The molecule has 1 aromatic rings. The predicted octanol–water partition coefficient (Wildman–Crippen LogP) is 3.40. The number of rotatable bonds is 6. The van der Waals surface area contributed by atoms with Gasteiger partial charge in [-0.05, 0) is 38.5 Å². The number of aryl methyl sites for hydroxylation is 2. The number of halogens is 1. The molecule has 84 valence electrons. The van der Waals surface area contributed by atoms with Crippen molar-refractivity contribution in [3.05, 3.63) is 18.2 Å². The summed E-state index contributed by atoms with van der Waals surface area (Å²) in [4.78, 5) is 5.14. The summed E-state index contributed by atoms with van der Waals surface area (Å²) in [5.74, 6) is 2.21. The molecule has 1 saturated carbocycles. The van der Waals surface area contributed by atoms with Crippen LogP contribution in [-0.4, -0.2) is 14.4 Å². The molecule has 15 heavy (non-hydrogen) atoms. The van der Waals surface area contributed by atoms with Gasteiger partial charge in [0.1, 0.15) is 5.82 Å². The highest BCUT2D eigenvalue weighted by atomic mass is 79.9. The van der Waals surface area contributed by atoms with Crippen molar-refractivity contribution in [1.29, 1.82) is 0 Å². The van der Waals surface area contributed by atoms with Crippen LogP contribution in [-0.2, 0) is 13.0 Å². The lowest BCUT2D eigenvalue weighted by Crippen LogP contribution is -2.04. The maximum Gasteiger partial charge on any atom is 0.108 e. The van der Waals surface area contributed by atoms with Crippen LogP contribution in [0.4, 0.5) is 0 Å². The molecule has 1 fully saturated rings. The molecule has 0 aliphatic heterocycles. The number of hydrogen-bond donors (Lipinski definition) is 0. The van der Waals surface area contributed by atoms with Crippen LogP contribution in [0.5, 0.6) is 0 Å². The Morgan fingerprint density at radius 3 is 3.07 bits per heavy atom. The van der Waals surface area contributed by atoms with E-state index in [-0.39, 0.29) is 0 Å². The standard InChI is InChI=1S/C12H19BrN2/c1-2-15-9-8-14-12(15)5-3-4-11(13)10-6-7-10/h8-11H,2-7H2,1H3. The molecule has 1 aromatic heterocycles. The average molecular weight is 271 g/mol. The second kappa shape index (κ2) is 5.15. The van der Waals surface area contributed by atoms with Crippen LogP contribution in [0, 0.1) is 5.92 Å². The molecule has 1 atom stereocenters. The SMILES string of the molecule is CCn1ccnc1CCCC(Br)C1CC1. The molecule has 1 aliphatic carbocycles. The van der Waals surface area contributed by atoms with Crippen molar-refractivity contribution in [1.82, 2.24) is 9.55 Å². The Hall–Kier alpha value is -0.310. The number of imidazole rings is 1. The fourth-order valence-corrected chi connectivity index (χ4v) is 2.86. The van der Waals surface area contributed by atoms with Crippen LogP contribution in [0.2, 0.25) is 0 Å². The summed E-state index contributed by atoms with van der Waals surface area (Å²) in [5.41, 5.74) is 0. The molecule has 2 rings (SSSR count). The number of aromatic nitrogens is 2. The third kappa shape index (κ3) is 3.07. The molecule has 0 bridgehead atoms. The Morgan fingerprint density at radius 2 is 2.40 bits per heavy atom. The van der Waals surface area contributed by atoms with Crippen LogP contribution in [0.15, 0.2) is 12.4 Å². The zero-order valence-corrected chi connectivity index (χ0v) is 10.9. The largest absolute Gasteiger partial charge is 0.335 e. The van der Waals surface area contributed by atoms with Gasteiger partial charge in [-0.15, -0.1) is 0 Å². The van der Waals surface area contributed by atoms with Crippen LogP contribution in [0.3, 0.4) is 0 Å². The van der Waals surface area contributed by atoms with Crippen LogP contribution in [0.1, 0.15) is 38.4 Å². The molecule has 0 saturated heterocycles. The van der Waals surface area contributed by atoms with Crippen LogP contribution in [0.25, 0.3) is 0 Å². The van der Waals surface area contributed by atoms with Gasteiger partial charge < -0.3 is 4.57 Å². The third-order valence-electron chi connectivity index (χ3n) is 3.16. The van der Waals surface area contributed by atoms with Crippen LogP contribution < -0.4 is 0 Å². The van der Waals surface area contributed by atoms with Gasteiger partial charge in [0.25, 0.3) is 0 Å². The monoisotopic (exact) mass is 270 g/mol. The van der Waals surface area contributed by atoms with E-state index < -0.39 is 0 Å². The van der Waals surface area contributed by atoms with E-state index in [0.717, 1.165) is 23.7 Å². The van der Waals surface area contributed by atoms with Gasteiger partial charge in [0.15, 0.2) is 0 Å². The Morgan fingerprint density at radius 1 is 1.60 bits per heavy atom. The van der Waals surface area contributed by atoms with Gasteiger partial charge in [-0.3, -0.25) is 0 Å². The molecule has 0 amide bonds. The lowest BCUT2D eigenvalue weighted by atomic mass is 10.1. The fraction of sp³-hybridized carbons (Fsp3) is 0.750. The molecule has 0 spiro atoms. The minimum atomic E-state index is 0.752. The quantitative estimate of drug-likeness (QED) is 0.725. The summed E-state index contributed by atoms with van der Waals surface area (Å²) in [6.07, 6.45) is 10.5. The highest BCUT2D eigenvalue weighted by Crippen LogP contribution is 2.38. The van der Waals surface area contributed by atoms with Gasteiger partial charge in [-0.2, -0.15) is 0 Å². The molecule has 2 nitrogen and oxygen atoms in total. The fourth-order valence-electron chi connectivity index (χ4n) is 2.00. The van der Waals surface area contributed by atoms with E-state index in [4.69, 9.17) is 0 Å². The van der Waals surface area contributed by atoms with Crippen molar-refractivity contribution in [2.45, 2.75) is 50.4 Å². The van der Waals surface area contributed by atoms with Gasteiger partial charge in [0.2, 0.25) is 0 Å². The summed E-state index contributed by atoms with van der Waals surface area (Å²) in [6.45, 7) is 3.21. The molecule has 1 heterocycles. The second-order valence-corrected chi connectivity index (χ2v) is 5.55. The molecule has 0 aromatic carbocycles. The maximum atomic E-state index is 4.39. The van der Waals surface area contributed by atoms with Gasteiger partial charge in [0, 0.05) is 30.2 Å². The van der Waals surface area contributed by atoms with Gasteiger partial charge in [-0.25, -0.2) is 4.98 Å². The lowest BCUT2D eigenvalue weighted by Gasteiger charge is -2.08. The first-order chi connectivity index (χ1) is 7.31. The molecule has 0 radical (unpaired) electrons. The Bertz CT molecular complexity index is 304. The molecular formula is C12H19BrN2. The maximum absolute atomic E-state index is 4.39. The van der Waals surface area contributed by atoms with Crippen molar-refractivity contribution in [2.75, 3.05) is 0 Å². The smallest absolute Gasteiger partial charge is 0.108 e. The number of hydrogen-bond acceptors (Lipinski definition) is 1. The van der Waals surface area contributed by atoms with E-state index in [0.29, 0.717) is 0 Å². The number of nitrogens with zero attached hydrogens (tertiary/aromatic N) is 2. The van der Waals surface area contributed by atoms with E-state index in [9.17, 15) is 0 Å². The van der Waals surface area contributed by atoms with E-state index in [1.54, 1.807) is 0 Å². The minimum Gasteiger partial charge on any atom is -0.335 e. The predicted molar refractivity (Wildman–Crippen MR) is 66.3 cm³/mol. The average Bonchev–Trinajstić information content (AvgIpc) is 2.99. The molecular weight excluding hydrogens is 252 g/mol. The lowest BCUT2D eigenvalue weighted by molar-refractivity contribution is 0.615. The van der Waals surface area contributed by atoms with E-state index >= 15 is 0 Å². The number of alkyl halides is 1. The van der Waals surface area contributed by atoms with Crippen molar-refractivity contribution >= 4 is 15.9 Å². The van der Waals surface area contributed by atoms with E-state index in [1.165, 1.54) is 31.5 Å². The molecule has 3 heteroatoms. The van der Waals surface area contributed by atoms with Crippen molar-refractivity contribution < 1.29 is 0 Å². The van der Waals surface area contributed by atoms with Crippen molar-refractivity contribution in [3.8, 4) is 0 Å². The van der Waals surface area contributed by atoms with Crippen LogP contribution >= 0.6 is 15.9 Å².